The first-order valence-corrected chi connectivity index (χ1v) is 7.17. The van der Waals surface area contributed by atoms with Crippen LogP contribution < -0.4 is 4.74 Å². The summed E-state index contributed by atoms with van der Waals surface area (Å²) >= 11 is 9.29. The summed E-state index contributed by atoms with van der Waals surface area (Å²) in [6, 6.07) is 14.0. The highest BCUT2D eigenvalue weighted by molar-refractivity contribution is 9.10. The fourth-order valence-electron chi connectivity index (χ4n) is 1.63. The van der Waals surface area contributed by atoms with Crippen LogP contribution in [0.4, 0.5) is 0 Å². The van der Waals surface area contributed by atoms with Crippen LogP contribution in [0, 0.1) is 0 Å². The summed E-state index contributed by atoms with van der Waals surface area (Å²) in [5.74, 6) is 2.14. The minimum atomic E-state index is 0.492. The van der Waals surface area contributed by atoms with Crippen LogP contribution in [0.1, 0.15) is 18.1 Å². The molecule has 2 rings (SSSR count). The maximum absolute atomic E-state index is 5.81. The van der Waals surface area contributed by atoms with E-state index in [2.05, 4.69) is 35.0 Å². The second-order valence-electron chi connectivity index (χ2n) is 3.99. The molecule has 94 valence electrons. The Morgan fingerprint density at radius 2 is 1.72 bits per heavy atom. The highest BCUT2D eigenvalue weighted by atomic mass is 79.9. The van der Waals surface area contributed by atoms with E-state index < -0.39 is 0 Å². The molecule has 2 aromatic rings. The van der Waals surface area contributed by atoms with E-state index in [0.717, 1.165) is 28.0 Å². The molecule has 0 saturated carbocycles. The molecule has 0 heterocycles. The van der Waals surface area contributed by atoms with Gasteiger partial charge in [0.05, 0.1) is 0 Å². The van der Waals surface area contributed by atoms with E-state index in [4.69, 9.17) is 16.3 Å². The van der Waals surface area contributed by atoms with Gasteiger partial charge in [0.2, 0.25) is 0 Å². The predicted molar refractivity (Wildman–Crippen MR) is 79.6 cm³/mol. The van der Waals surface area contributed by atoms with E-state index in [1.54, 1.807) is 0 Å². The lowest BCUT2D eigenvalue weighted by atomic mass is 10.2. The van der Waals surface area contributed by atoms with E-state index in [-0.39, 0.29) is 0 Å². The molecule has 0 saturated heterocycles. The minimum Gasteiger partial charge on any atom is -0.457 e. The van der Waals surface area contributed by atoms with Gasteiger partial charge in [-0.05, 0) is 41.8 Å². The SMILES string of the molecule is CCc1ccc(Oc2ccc(CCl)c(Br)c2)cc1. The summed E-state index contributed by atoms with van der Waals surface area (Å²) in [6.45, 7) is 2.14. The third-order valence-corrected chi connectivity index (χ3v) is 3.76. The van der Waals surface area contributed by atoms with Crippen molar-refractivity contribution >= 4 is 27.5 Å². The fraction of sp³-hybridized carbons (Fsp3) is 0.200. The van der Waals surface area contributed by atoms with E-state index in [1.807, 2.05) is 30.3 Å². The predicted octanol–water partition coefficient (Wildman–Crippen LogP) is 5.54. The first kappa shape index (κ1) is 13.4. The number of halogens is 2. The summed E-state index contributed by atoms with van der Waals surface area (Å²) in [7, 11) is 0. The van der Waals surface area contributed by atoms with Crippen LogP contribution >= 0.6 is 27.5 Å². The van der Waals surface area contributed by atoms with Crippen LogP contribution in [-0.2, 0) is 12.3 Å². The van der Waals surface area contributed by atoms with Crippen LogP contribution in [0.3, 0.4) is 0 Å². The van der Waals surface area contributed by atoms with Gasteiger partial charge < -0.3 is 4.74 Å². The van der Waals surface area contributed by atoms with Crippen molar-refractivity contribution in [3.8, 4) is 11.5 Å². The molecule has 0 spiro atoms. The van der Waals surface area contributed by atoms with Gasteiger partial charge in [-0.3, -0.25) is 0 Å². The molecule has 0 radical (unpaired) electrons. The monoisotopic (exact) mass is 324 g/mol. The lowest BCUT2D eigenvalue weighted by Crippen LogP contribution is -1.87. The molecule has 3 heteroatoms. The largest absolute Gasteiger partial charge is 0.457 e. The average molecular weight is 326 g/mol. The van der Waals surface area contributed by atoms with Crippen molar-refractivity contribution in [1.29, 1.82) is 0 Å². The highest BCUT2D eigenvalue weighted by Crippen LogP contribution is 2.28. The maximum atomic E-state index is 5.81. The third kappa shape index (κ3) is 3.27. The molecule has 0 aromatic heterocycles. The molecule has 1 nitrogen and oxygen atoms in total. The number of benzene rings is 2. The molecule has 0 unspecified atom stereocenters. The van der Waals surface area contributed by atoms with Crippen molar-refractivity contribution in [3.05, 3.63) is 58.1 Å². The van der Waals surface area contributed by atoms with E-state index in [9.17, 15) is 0 Å². The fourth-order valence-corrected chi connectivity index (χ4v) is 2.52. The Bertz CT molecular complexity index is 523. The average Bonchev–Trinajstić information content (AvgIpc) is 2.40. The molecule has 0 fully saturated rings. The number of hydrogen-bond acceptors (Lipinski definition) is 1. The molecule has 0 amide bonds. The lowest BCUT2D eigenvalue weighted by molar-refractivity contribution is 0.482. The Morgan fingerprint density at radius 1 is 1.06 bits per heavy atom. The molecule has 0 aliphatic carbocycles. The van der Waals surface area contributed by atoms with Crippen molar-refractivity contribution in [2.24, 2.45) is 0 Å². The Hall–Kier alpha value is -0.990. The molecule has 18 heavy (non-hydrogen) atoms. The molecule has 2 aromatic carbocycles. The van der Waals surface area contributed by atoms with Crippen LogP contribution in [0.2, 0.25) is 0 Å². The smallest absolute Gasteiger partial charge is 0.128 e. The zero-order valence-electron chi connectivity index (χ0n) is 10.1. The standard InChI is InChI=1S/C15H14BrClO/c1-2-11-3-6-13(7-4-11)18-14-8-5-12(10-17)15(16)9-14/h3-9H,2,10H2,1H3. The second-order valence-corrected chi connectivity index (χ2v) is 5.11. The van der Waals surface area contributed by atoms with E-state index >= 15 is 0 Å². The van der Waals surface area contributed by atoms with E-state index in [1.165, 1.54) is 5.56 Å². The lowest BCUT2D eigenvalue weighted by Gasteiger charge is -2.08. The Kier molecular flexibility index (Phi) is 4.67. The van der Waals surface area contributed by atoms with Crippen LogP contribution in [0.5, 0.6) is 11.5 Å². The maximum Gasteiger partial charge on any atom is 0.128 e. The van der Waals surface area contributed by atoms with Crippen molar-refractivity contribution in [2.45, 2.75) is 19.2 Å². The zero-order valence-corrected chi connectivity index (χ0v) is 12.5. The number of aryl methyl sites for hydroxylation is 1. The van der Waals surface area contributed by atoms with Gasteiger partial charge in [0.1, 0.15) is 11.5 Å². The summed E-state index contributed by atoms with van der Waals surface area (Å²) in [6.07, 6.45) is 1.04. The van der Waals surface area contributed by atoms with Gasteiger partial charge in [0.15, 0.2) is 0 Å². The Labute approximate surface area is 121 Å². The van der Waals surface area contributed by atoms with Crippen LogP contribution in [0.25, 0.3) is 0 Å². The second kappa shape index (κ2) is 6.26. The van der Waals surface area contributed by atoms with Gasteiger partial charge in [0.25, 0.3) is 0 Å². The van der Waals surface area contributed by atoms with Crippen molar-refractivity contribution in [1.82, 2.24) is 0 Å². The van der Waals surface area contributed by atoms with Crippen LogP contribution in [-0.4, -0.2) is 0 Å². The normalized spacial score (nSPS) is 10.4. The Balaban J connectivity index is 2.15. The molecular weight excluding hydrogens is 312 g/mol. The quantitative estimate of drug-likeness (QED) is 0.670. The molecule has 0 N–H and O–H groups in total. The van der Waals surface area contributed by atoms with Gasteiger partial charge in [0, 0.05) is 10.4 Å². The van der Waals surface area contributed by atoms with Crippen LogP contribution in [0.15, 0.2) is 46.9 Å². The van der Waals surface area contributed by atoms with Gasteiger partial charge in [-0.25, -0.2) is 0 Å². The number of alkyl halides is 1. The van der Waals surface area contributed by atoms with Gasteiger partial charge in [-0.1, -0.05) is 41.1 Å². The molecule has 0 aliphatic rings. The number of ether oxygens (including phenoxy) is 1. The molecule has 0 atom stereocenters. The van der Waals surface area contributed by atoms with Crippen molar-refractivity contribution < 1.29 is 4.74 Å². The summed E-state index contributed by atoms with van der Waals surface area (Å²) in [5, 5.41) is 0. The summed E-state index contributed by atoms with van der Waals surface area (Å²) in [5.41, 5.74) is 2.37. The topological polar surface area (TPSA) is 9.23 Å². The highest BCUT2D eigenvalue weighted by Gasteiger charge is 2.02. The van der Waals surface area contributed by atoms with Crippen molar-refractivity contribution in [3.63, 3.8) is 0 Å². The first-order chi connectivity index (χ1) is 8.72. The first-order valence-electron chi connectivity index (χ1n) is 5.84. The van der Waals surface area contributed by atoms with Gasteiger partial charge in [-0.2, -0.15) is 0 Å². The number of rotatable bonds is 4. The van der Waals surface area contributed by atoms with E-state index in [0.29, 0.717) is 5.88 Å². The molecular formula is C15H14BrClO. The Morgan fingerprint density at radius 3 is 2.28 bits per heavy atom. The summed E-state index contributed by atoms with van der Waals surface area (Å²) in [4.78, 5) is 0. The molecule has 0 aliphatic heterocycles. The number of hydrogen-bond donors (Lipinski definition) is 0. The van der Waals surface area contributed by atoms with Gasteiger partial charge >= 0.3 is 0 Å². The zero-order chi connectivity index (χ0) is 13.0. The summed E-state index contributed by atoms with van der Waals surface area (Å²) < 4.78 is 6.76. The minimum absolute atomic E-state index is 0.492. The van der Waals surface area contributed by atoms with Crippen molar-refractivity contribution in [2.75, 3.05) is 0 Å². The molecule has 0 bridgehead atoms. The third-order valence-electron chi connectivity index (χ3n) is 2.74. The van der Waals surface area contributed by atoms with Gasteiger partial charge in [-0.15, -0.1) is 11.6 Å².